The van der Waals surface area contributed by atoms with Crippen molar-refractivity contribution >= 4 is 47.2 Å². The molecule has 4 nitrogen and oxygen atoms in total. The topological polar surface area (TPSA) is 42.5 Å². The largest absolute Gasteiger partial charge is 0.489 e. The summed E-state index contributed by atoms with van der Waals surface area (Å²) in [5.41, 5.74) is 0. The van der Waals surface area contributed by atoms with Crippen molar-refractivity contribution in [1.82, 2.24) is 10.6 Å². The number of benzene rings is 1. The molecule has 3 unspecified atom stereocenters. The monoisotopic (exact) mass is 428 g/mol. The minimum Gasteiger partial charge on any atom is -0.489 e. The van der Waals surface area contributed by atoms with Gasteiger partial charge in [-0.05, 0) is 30.9 Å². The molecule has 0 aromatic heterocycles. The van der Waals surface area contributed by atoms with Crippen molar-refractivity contribution in [3.63, 3.8) is 0 Å². The molecule has 3 atom stereocenters. The molecule has 3 rings (SSSR count). The number of hydrogen-bond donors (Lipinski definition) is 2. The number of ether oxygens (including phenoxy) is 2. The van der Waals surface area contributed by atoms with Crippen LogP contribution in [0.15, 0.2) is 12.1 Å². The Morgan fingerprint density at radius 2 is 1.96 bits per heavy atom. The summed E-state index contributed by atoms with van der Waals surface area (Å²) < 4.78 is 11.3. The number of nitrogens with one attached hydrogen (secondary N) is 2. The van der Waals surface area contributed by atoms with Gasteiger partial charge in [0.25, 0.3) is 0 Å². The maximum atomic E-state index is 6.13. The highest BCUT2D eigenvalue weighted by Gasteiger charge is 2.34. The molecule has 25 heavy (non-hydrogen) atoms. The molecule has 0 amide bonds. The van der Waals surface area contributed by atoms with Gasteiger partial charge in [0.1, 0.15) is 6.61 Å². The first-order chi connectivity index (χ1) is 11.6. The van der Waals surface area contributed by atoms with Gasteiger partial charge in [-0.3, -0.25) is 0 Å². The summed E-state index contributed by atoms with van der Waals surface area (Å²) in [5.74, 6) is 1.11. The van der Waals surface area contributed by atoms with Crippen molar-refractivity contribution in [1.29, 1.82) is 0 Å². The van der Waals surface area contributed by atoms with Crippen LogP contribution in [0.2, 0.25) is 15.1 Å². The van der Waals surface area contributed by atoms with E-state index in [2.05, 4.69) is 10.6 Å². The average molecular weight is 430 g/mol. The van der Waals surface area contributed by atoms with Gasteiger partial charge in [0, 0.05) is 30.2 Å². The molecular weight excluding hydrogens is 406 g/mol. The lowest BCUT2D eigenvalue weighted by atomic mass is 9.94. The van der Waals surface area contributed by atoms with Crippen LogP contribution in [-0.4, -0.2) is 45.0 Å². The second kappa shape index (κ2) is 10.4. The van der Waals surface area contributed by atoms with Crippen LogP contribution < -0.4 is 15.4 Å². The number of morpholine rings is 1. The highest BCUT2D eigenvalue weighted by atomic mass is 35.5. The third-order valence-corrected chi connectivity index (χ3v) is 5.53. The first-order valence-electron chi connectivity index (χ1n) is 8.47. The fourth-order valence-corrected chi connectivity index (χ4v) is 4.57. The van der Waals surface area contributed by atoms with E-state index >= 15 is 0 Å². The third-order valence-electron chi connectivity index (χ3n) is 4.75. The maximum Gasteiger partial charge on any atom is 0.156 e. The summed E-state index contributed by atoms with van der Waals surface area (Å²) in [6, 6.07) is 4.24. The zero-order chi connectivity index (χ0) is 16.9. The lowest BCUT2D eigenvalue weighted by molar-refractivity contribution is 0.0523. The summed E-state index contributed by atoms with van der Waals surface area (Å²) in [4.78, 5) is 0. The molecule has 1 aliphatic heterocycles. The van der Waals surface area contributed by atoms with E-state index in [0.29, 0.717) is 45.4 Å². The van der Waals surface area contributed by atoms with Crippen molar-refractivity contribution in [2.24, 2.45) is 5.92 Å². The highest BCUT2D eigenvalue weighted by molar-refractivity contribution is 6.40. The van der Waals surface area contributed by atoms with Gasteiger partial charge < -0.3 is 20.1 Å². The van der Waals surface area contributed by atoms with Crippen molar-refractivity contribution in [2.75, 3.05) is 32.9 Å². The quantitative estimate of drug-likeness (QED) is 0.665. The molecule has 2 N–H and O–H groups in total. The minimum absolute atomic E-state index is 0. The Hall–Kier alpha value is 0.0600. The molecule has 1 saturated heterocycles. The predicted molar refractivity (Wildman–Crippen MR) is 106 cm³/mol. The molecular formula is C17H24Cl4N2O2. The molecule has 8 heteroatoms. The molecule has 1 saturated carbocycles. The van der Waals surface area contributed by atoms with Crippen LogP contribution in [0.1, 0.15) is 19.3 Å². The molecule has 0 spiro atoms. The fraction of sp³-hybridized carbons (Fsp3) is 0.647. The van der Waals surface area contributed by atoms with Crippen molar-refractivity contribution in [3.05, 3.63) is 27.2 Å². The summed E-state index contributed by atoms with van der Waals surface area (Å²) in [7, 11) is 0. The van der Waals surface area contributed by atoms with Gasteiger partial charge in [0.15, 0.2) is 5.75 Å². The van der Waals surface area contributed by atoms with E-state index in [1.165, 1.54) is 19.3 Å². The van der Waals surface area contributed by atoms with Gasteiger partial charge in [-0.25, -0.2) is 0 Å². The summed E-state index contributed by atoms with van der Waals surface area (Å²) in [6.07, 6.45) is 3.70. The predicted octanol–water partition coefficient (Wildman–Crippen LogP) is 4.19. The summed E-state index contributed by atoms with van der Waals surface area (Å²) in [6.45, 7) is 3.85. The van der Waals surface area contributed by atoms with E-state index in [4.69, 9.17) is 44.3 Å². The van der Waals surface area contributed by atoms with E-state index in [0.717, 1.165) is 26.3 Å². The van der Waals surface area contributed by atoms with Crippen LogP contribution in [0.3, 0.4) is 0 Å². The Morgan fingerprint density at radius 1 is 1.20 bits per heavy atom. The van der Waals surface area contributed by atoms with E-state index in [1.54, 1.807) is 12.1 Å². The Morgan fingerprint density at radius 3 is 2.64 bits per heavy atom. The van der Waals surface area contributed by atoms with E-state index in [-0.39, 0.29) is 12.4 Å². The van der Waals surface area contributed by atoms with Gasteiger partial charge in [-0.15, -0.1) is 12.4 Å². The molecule has 0 radical (unpaired) electrons. The van der Waals surface area contributed by atoms with Crippen LogP contribution in [-0.2, 0) is 4.74 Å². The van der Waals surface area contributed by atoms with Gasteiger partial charge in [-0.2, -0.15) is 0 Å². The second-order valence-electron chi connectivity index (χ2n) is 6.34. The van der Waals surface area contributed by atoms with Crippen LogP contribution in [0.25, 0.3) is 0 Å². The molecule has 1 aromatic carbocycles. The maximum absolute atomic E-state index is 6.13. The molecule has 2 fully saturated rings. The van der Waals surface area contributed by atoms with Gasteiger partial charge in [0.05, 0.1) is 23.3 Å². The average Bonchev–Trinajstić information content (AvgIpc) is 3.02. The first kappa shape index (κ1) is 21.4. The Balaban J connectivity index is 0.00000225. The van der Waals surface area contributed by atoms with Crippen LogP contribution in [0, 0.1) is 5.92 Å². The molecule has 0 bridgehead atoms. The molecule has 1 aliphatic carbocycles. The van der Waals surface area contributed by atoms with Gasteiger partial charge in [0.2, 0.25) is 0 Å². The normalized spacial score (nSPS) is 26.3. The zero-order valence-electron chi connectivity index (χ0n) is 13.9. The number of halogens is 4. The van der Waals surface area contributed by atoms with Crippen LogP contribution >= 0.6 is 47.2 Å². The zero-order valence-corrected chi connectivity index (χ0v) is 17.0. The minimum atomic E-state index is 0. The van der Waals surface area contributed by atoms with Crippen LogP contribution in [0.5, 0.6) is 5.75 Å². The van der Waals surface area contributed by atoms with E-state index in [1.807, 2.05) is 0 Å². The summed E-state index contributed by atoms with van der Waals surface area (Å²) in [5, 5.41) is 8.59. The number of rotatable bonds is 6. The second-order valence-corrected chi connectivity index (χ2v) is 7.59. The van der Waals surface area contributed by atoms with Crippen molar-refractivity contribution < 1.29 is 9.47 Å². The lowest BCUT2D eigenvalue weighted by Gasteiger charge is -2.33. The third kappa shape index (κ3) is 5.77. The number of hydrogen-bond acceptors (Lipinski definition) is 4. The Kier molecular flexibility index (Phi) is 8.89. The smallest absolute Gasteiger partial charge is 0.156 e. The molecule has 1 aromatic rings. The van der Waals surface area contributed by atoms with Gasteiger partial charge in [-0.1, -0.05) is 41.2 Å². The highest BCUT2D eigenvalue weighted by Crippen LogP contribution is 2.35. The van der Waals surface area contributed by atoms with Crippen molar-refractivity contribution in [3.8, 4) is 5.75 Å². The van der Waals surface area contributed by atoms with Gasteiger partial charge >= 0.3 is 0 Å². The van der Waals surface area contributed by atoms with E-state index < -0.39 is 0 Å². The SMILES string of the molecule is Cl.Clc1cc(Cl)c(OCCNC2CCCC2C2COCCN2)c(Cl)c1. The Labute approximate surface area is 170 Å². The fourth-order valence-electron chi connectivity index (χ4n) is 3.65. The first-order valence-corrected chi connectivity index (χ1v) is 9.60. The van der Waals surface area contributed by atoms with Crippen molar-refractivity contribution in [2.45, 2.75) is 31.3 Å². The van der Waals surface area contributed by atoms with E-state index in [9.17, 15) is 0 Å². The van der Waals surface area contributed by atoms with Crippen LogP contribution in [0.4, 0.5) is 0 Å². The summed E-state index contributed by atoms with van der Waals surface area (Å²) >= 11 is 18.2. The Bertz CT molecular complexity index is 532. The molecule has 142 valence electrons. The standard InChI is InChI=1S/C17H23Cl3N2O2.ClH/c18-11-8-13(19)17(14(20)9-11)24-7-5-21-15-3-1-2-12(15)16-10-23-6-4-22-16;/h8-9,12,15-16,21-22H,1-7,10H2;1H. The molecule has 1 heterocycles. The lowest BCUT2D eigenvalue weighted by Crippen LogP contribution is -2.51. The molecule has 2 aliphatic rings.